The van der Waals surface area contributed by atoms with E-state index in [-0.39, 0.29) is 21.8 Å². The molecule has 0 aliphatic heterocycles. The molecule has 0 spiro atoms. The van der Waals surface area contributed by atoms with Crippen molar-refractivity contribution in [3.05, 3.63) is 59.4 Å². The number of halogens is 1. The van der Waals surface area contributed by atoms with Crippen LogP contribution in [0.5, 0.6) is 5.75 Å². The van der Waals surface area contributed by atoms with E-state index < -0.39 is 27.7 Å². The molecule has 0 aromatic heterocycles. The first-order valence-corrected chi connectivity index (χ1v) is 9.07. The summed E-state index contributed by atoms with van der Waals surface area (Å²) in [5.41, 5.74) is 4.29. The van der Waals surface area contributed by atoms with Crippen LogP contribution >= 0.6 is 0 Å². The van der Waals surface area contributed by atoms with E-state index in [1.165, 1.54) is 57.6 Å². The van der Waals surface area contributed by atoms with Crippen molar-refractivity contribution in [3.63, 3.8) is 0 Å². The van der Waals surface area contributed by atoms with Gasteiger partial charge in [-0.3, -0.25) is 20.4 Å². The number of nitrogens with one attached hydrogen (secondary N) is 2. The number of hydrogen-bond donors (Lipinski definition) is 2. The molecule has 0 saturated carbocycles. The molecule has 0 heterocycles. The molecule has 144 valence electrons. The molecule has 0 bridgehead atoms. The van der Waals surface area contributed by atoms with Crippen LogP contribution in [0, 0.1) is 5.82 Å². The molecule has 0 radical (unpaired) electrons. The Morgan fingerprint density at radius 2 is 1.59 bits per heavy atom. The van der Waals surface area contributed by atoms with Gasteiger partial charge in [-0.25, -0.2) is 17.1 Å². The Morgan fingerprint density at radius 3 is 2.11 bits per heavy atom. The molecule has 0 aliphatic carbocycles. The van der Waals surface area contributed by atoms with Crippen molar-refractivity contribution >= 4 is 21.8 Å². The number of sulfonamides is 1. The van der Waals surface area contributed by atoms with Gasteiger partial charge in [0.05, 0.1) is 12.0 Å². The fourth-order valence-corrected chi connectivity index (χ4v) is 3.02. The smallest absolute Gasteiger partial charge is 0.269 e. The number of nitrogens with zero attached hydrogens (tertiary/aromatic N) is 1. The molecule has 2 aromatic rings. The van der Waals surface area contributed by atoms with Crippen molar-refractivity contribution in [2.45, 2.75) is 4.90 Å². The minimum atomic E-state index is -3.71. The number of benzene rings is 2. The molecule has 2 aromatic carbocycles. The van der Waals surface area contributed by atoms with Gasteiger partial charge in [0.15, 0.2) is 11.6 Å². The molecule has 0 aliphatic rings. The van der Waals surface area contributed by atoms with E-state index in [1.54, 1.807) is 0 Å². The second-order valence-corrected chi connectivity index (χ2v) is 7.72. The Balaban J connectivity index is 2.10. The van der Waals surface area contributed by atoms with E-state index in [0.29, 0.717) is 0 Å². The van der Waals surface area contributed by atoms with Crippen LogP contribution in [-0.2, 0) is 10.0 Å². The highest BCUT2D eigenvalue weighted by Gasteiger charge is 2.19. The molecule has 2 rings (SSSR count). The minimum absolute atomic E-state index is 0.0190. The van der Waals surface area contributed by atoms with E-state index in [0.717, 1.165) is 10.4 Å². The lowest BCUT2D eigenvalue weighted by Crippen LogP contribution is -2.41. The van der Waals surface area contributed by atoms with Crippen molar-refractivity contribution < 1.29 is 27.1 Å². The molecule has 2 N–H and O–H groups in total. The first kappa shape index (κ1) is 20.3. The fraction of sp³-hybridized carbons (Fsp3) is 0.176. The van der Waals surface area contributed by atoms with Crippen LogP contribution in [0.25, 0.3) is 0 Å². The van der Waals surface area contributed by atoms with Crippen molar-refractivity contribution in [1.82, 2.24) is 15.2 Å². The van der Waals surface area contributed by atoms with Crippen molar-refractivity contribution in [2.24, 2.45) is 0 Å². The number of carbonyl (C=O) groups excluding carboxylic acids is 2. The Hall–Kier alpha value is -2.98. The van der Waals surface area contributed by atoms with Crippen molar-refractivity contribution in [1.29, 1.82) is 0 Å². The molecule has 0 unspecified atom stereocenters. The lowest BCUT2D eigenvalue weighted by molar-refractivity contribution is 0.0846. The number of hydrogen-bond acceptors (Lipinski definition) is 5. The third-order valence-corrected chi connectivity index (χ3v) is 5.39. The number of hydrazine groups is 1. The van der Waals surface area contributed by atoms with E-state index in [1.807, 2.05) is 0 Å². The highest BCUT2D eigenvalue weighted by molar-refractivity contribution is 7.89. The van der Waals surface area contributed by atoms with Gasteiger partial charge in [0, 0.05) is 25.2 Å². The summed E-state index contributed by atoms with van der Waals surface area (Å²) in [7, 11) is 0.331. The molecule has 8 nitrogen and oxygen atoms in total. The molecule has 0 saturated heterocycles. The molecule has 27 heavy (non-hydrogen) atoms. The largest absolute Gasteiger partial charge is 0.494 e. The number of amides is 2. The van der Waals surface area contributed by atoms with E-state index >= 15 is 0 Å². The predicted octanol–water partition coefficient (Wildman–Crippen LogP) is 1.16. The first-order chi connectivity index (χ1) is 12.7. The Bertz CT molecular complexity index is 976. The van der Waals surface area contributed by atoms with Crippen LogP contribution in [-0.4, -0.2) is 45.7 Å². The monoisotopic (exact) mass is 395 g/mol. The summed E-state index contributed by atoms with van der Waals surface area (Å²) in [4.78, 5) is 24.1. The lowest BCUT2D eigenvalue weighted by Gasteiger charge is -2.12. The van der Waals surface area contributed by atoms with Gasteiger partial charge in [-0.15, -0.1) is 0 Å². The standard InChI is InChI=1S/C17H18FN3O5S/c1-21(2)27(24,25)13-6-4-5-11(9-13)16(22)19-20-17(23)12-7-8-15(26-3)14(18)10-12/h4-10H,1-3H3,(H,19,22)(H,20,23). The van der Waals surface area contributed by atoms with Crippen LogP contribution < -0.4 is 15.6 Å². The first-order valence-electron chi connectivity index (χ1n) is 7.63. The van der Waals surface area contributed by atoms with Crippen LogP contribution in [0.2, 0.25) is 0 Å². The molecule has 0 atom stereocenters. The van der Waals surface area contributed by atoms with Gasteiger partial charge in [-0.05, 0) is 36.4 Å². The fourth-order valence-electron chi connectivity index (χ4n) is 2.07. The summed E-state index contributed by atoms with van der Waals surface area (Å²) >= 11 is 0. The molecule has 2 amide bonds. The Kier molecular flexibility index (Phi) is 6.13. The zero-order valence-corrected chi connectivity index (χ0v) is 15.6. The maximum atomic E-state index is 13.6. The van der Waals surface area contributed by atoms with Gasteiger partial charge in [0.2, 0.25) is 10.0 Å². The van der Waals surface area contributed by atoms with Crippen molar-refractivity contribution in [3.8, 4) is 5.75 Å². The molecular weight excluding hydrogens is 377 g/mol. The average Bonchev–Trinajstić information content (AvgIpc) is 2.65. The summed E-state index contributed by atoms with van der Waals surface area (Å²) < 4.78 is 43.7. The number of carbonyl (C=O) groups is 2. The van der Waals surface area contributed by atoms with Crippen LogP contribution in [0.1, 0.15) is 20.7 Å². The second kappa shape index (κ2) is 8.14. The second-order valence-electron chi connectivity index (χ2n) is 5.57. The van der Waals surface area contributed by atoms with Gasteiger partial charge in [-0.1, -0.05) is 6.07 Å². The summed E-state index contributed by atoms with van der Waals surface area (Å²) in [5.74, 6) is -2.22. The number of rotatable bonds is 5. The van der Waals surface area contributed by atoms with Gasteiger partial charge < -0.3 is 4.74 Å². The van der Waals surface area contributed by atoms with E-state index in [2.05, 4.69) is 10.9 Å². The Labute approximate surface area is 156 Å². The summed E-state index contributed by atoms with van der Waals surface area (Å²) in [6, 6.07) is 8.91. The lowest BCUT2D eigenvalue weighted by atomic mass is 10.2. The molecule has 10 heteroatoms. The number of methoxy groups -OCH3 is 1. The summed E-state index contributed by atoms with van der Waals surface area (Å²) in [5, 5.41) is 0. The van der Waals surface area contributed by atoms with Crippen LogP contribution in [0.4, 0.5) is 4.39 Å². The summed E-state index contributed by atoms with van der Waals surface area (Å²) in [6.45, 7) is 0. The van der Waals surface area contributed by atoms with Gasteiger partial charge in [0.1, 0.15) is 0 Å². The van der Waals surface area contributed by atoms with Crippen LogP contribution in [0.15, 0.2) is 47.4 Å². The molecule has 0 fully saturated rings. The zero-order chi connectivity index (χ0) is 20.2. The third kappa shape index (κ3) is 4.60. The Morgan fingerprint density at radius 1 is 1.00 bits per heavy atom. The third-order valence-electron chi connectivity index (χ3n) is 3.58. The quantitative estimate of drug-likeness (QED) is 0.740. The molecular formula is C17H18FN3O5S. The van der Waals surface area contributed by atoms with E-state index in [9.17, 15) is 22.4 Å². The normalized spacial score (nSPS) is 11.1. The maximum absolute atomic E-state index is 13.6. The zero-order valence-electron chi connectivity index (χ0n) is 14.8. The number of ether oxygens (including phenoxy) is 1. The average molecular weight is 395 g/mol. The SMILES string of the molecule is COc1ccc(C(=O)NNC(=O)c2cccc(S(=O)(=O)N(C)C)c2)cc1F. The van der Waals surface area contributed by atoms with E-state index in [4.69, 9.17) is 4.74 Å². The van der Waals surface area contributed by atoms with Gasteiger partial charge >= 0.3 is 0 Å². The van der Waals surface area contributed by atoms with Gasteiger partial charge in [0.25, 0.3) is 11.8 Å². The van der Waals surface area contributed by atoms with Crippen molar-refractivity contribution in [2.75, 3.05) is 21.2 Å². The maximum Gasteiger partial charge on any atom is 0.269 e. The minimum Gasteiger partial charge on any atom is -0.494 e. The van der Waals surface area contributed by atoms with Crippen LogP contribution in [0.3, 0.4) is 0 Å². The topological polar surface area (TPSA) is 105 Å². The summed E-state index contributed by atoms with van der Waals surface area (Å²) in [6.07, 6.45) is 0. The predicted molar refractivity (Wildman–Crippen MR) is 95.2 cm³/mol. The highest BCUT2D eigenvalue weighted by atomic mass is 32.2. The van der Waals surface area contributed by atoms with Gasteiger partial charge in [-0.2, -0.15) is 0 Å². The highest BCUT2D eigenvalue weighted by Crippen LogP contribution is 2.17.